The minimum atomic E-state index is -0.327. The van der Waals surface area contributed by atoms with Crippen molar-refractivity contribution in [3.63, 3.8) is 0 Å². The van der Waals surface area contributed by atoms with E-state index in [1.165, 1.54) is 12.3 Å². The molecular weight excluding hydrogens is 340 g/mol. The van der Waals surface area contributed by atoms with Crippen LogP contribution in [0.5, 0.6) is 0 Å². The van der Waals surface area contributed by atoms with E-state index in [9.17, 15) is 9.59 Å². The van der Waals surface area contributed by atoms with Gasteiger partial charge in [-0.1, -0.05) is 30.3 Å². The van der Waals surface area contributed by atoms with Gasteiger partial charge in [-0.05, 0) is 35.4 Å². The van der Waals surface area contributed by atoms with Gasteiger partial charge in [-0.3, -0.25) is 19.6 Å². The standard InChI is InChI=1S/C21H20N4O2/c1-25(15-17-5-3-2-4-6-17)21(27)18-9-12-23-19(13-18)20(26)24-14-16-7-10-22-11-8-16/h2-13H,14-15H2,1H3,(H,24,26). The van der Waals surface area contributed by atoms with Crippen molar-refractivity contribution < 1.29 is 9.59 Å². The lowest BCUT2D eigenvalue weighted by molar-refractivity contribution is 0.0785. The minimum absolute atomic E-state index is 0.163. The number of carbonyl (C=O) groups excluding carboxylic acids is 2. The summed E-state index contributed by atoms with van der Waals surface area (Å²) in [5.41, 5.74) is 2.62. The SMILES string of the molecule is CN(Cc1ccccc1)C(=O)c1ccnc(C(=O)NCc2ccncc2)c1. The Hall–Kier alpha value is -3.54. The molecular formula is C21H20N4O2. The molecule has 3 rings (SSSR count). The zero-order valence-corrected chi connectivity index (χ0v) is 15.0. The van der Waals surface area contributed by atoms with E-state index in [-0.39, 0.29) is 17.5 Å². The zero-order valence-electron chi connectivity index (χ0n) is 15.0. The largest absolute Gasteiger partial charge is 0.347 e. The highest BCUT2D eigenvalue weighted by Crippen LogP contribution is 2.09. The van der Waals surface area contributed by atoms with Gasteiger partial charge in [-0.25, -0.2) is 0 Å². The molecule has 0 saturated carbocycles. The Morgan fingerprint density at radius 1 is 0.963 bits per heavy atom. The number of pyridine rings is 2. The molecule has 0 aliphatic heterocycles. The summed E-state index contributed by atoms with van der Waals surface area (Å²) in [4.78, 5) is 34.6. The average Bonchev–Trinajstić information content (AvgIpc) is 2.73. The smallest absolute Gasteiger partial charge is 0.270 e. The Bertz CT molecular complexity index is 914. The molecule has 0 saturated heterocycles. The van der Waals surface area contributed by atoms with Gasteiger partial charge < -0.3 is 10.2 Å². The first-order valence-electron chi connectivity index (χ1n) is 8.56. The van der Waals surface area contributed by atoms with Gasteiger partial charge in [0.2, 0.25) is 0 Å². The van der Waals surface area contributed by atoms with E-state index in [0.717, 1.165) is 11.1 Å². The minimum Gasteiger partial charge on any atom is -0.347 e. The number of hydrogen-bond acceptors (Lipinski definition) is 4. The Morgan fingerprint density at radius 3 is 2.44 bits per heavy atom. The van der Waals surface area contributed by atoms with Crippen molar-refractivity contribution >= 4 is 11.8 Å². The van der Waals surface area contributed by atoms with Crippen LogP contribution in [0.2, 0.25) is 0 Å². The molecule has 0 aliphatic carbocycles. The molecule has 0 fully saturated rings. The molecule has 1 N–H and O–H groups in total. The summed E-state index contributed by atoms with van der Waals surface area (Å²) in [5, 5.41) is 2.80. The summed E-state index contributed by atoms with van der Waals surface area (Å²) >= 11 is 0. The van der Waals surface area contributed by atoms with Crippen molar-refractivity contribution in [2.75, 3.05) is 7.05 Å². The molecule has 6 heteroatoms. The number of nitrogens with zero attached hydrogens (tertiary/aromatic N) is 3. The second kappa shape index (κ2) is 8.71. The Morgan fingerprint density at radius 2 is 1.70 bits per heavy atom. The molecule has 0 atom stereocenters. The van der Waals surface area contributed by atoms with Crippen LogP contribution in [0.15, 0.2) is 73.2 Å². The maximum absolute atomic E-state index is 12.7. The van der Waals surface area contributed by atoms with E-state index in [0.29, 0.717) is 18.7 Å². The predicted molar refractivity (Wildman–Crippen MR) is 102 cm³/mol. The van der Waals surface area contributed by atoms with Crippen LogP contribution in [-0.4, -0.2) is 33.7 Å². The third-order valence-corrected chi connectivity index (χ3v) is 4.05. The van der Waals surface area contributed by atoms with Gasteiger partial charge >= 0.3 is 0 Å². The molecule has 2 amide bonds. The van der Waals surface area contributed by atoms with Crippen LogP contribution in [0.25, 0.3) is 0 Å². The summed E-state index contributed by atoms with van der Waals surface area (Å²) in [6.07, 6.45) is 4.81. The summed E-state index contributed by atoms with van der Waals surface area (Å²) in [6.45, 7) is 0.862. The van der Waals surface area contributed by atoms with E-state index < -0.39 is 0 Å². The lowest BCUT2D eigenvalue weighted by Gasteiger charge is -2.17. The molecule has 0 unspecified atom stereocenters. The second-order valence-electron chi connectivity index (χ2n) is 6.11. The van der Waals surface area contributed by atoms with Crippen LogP contribution >= 0.6 is 0 Å². The molecule has 0 radical (unpaired) electrons. The van der Waals surface area contributed by atoms with Gasteiger partial charge in [0.25, 0.3) is 11.8 Å². The summed E-state index contributed by atoms with van der Waals surface area (Å²) in [5.74, 6) is -0.489. The van der Waals surface area contributed by atoms with E-state index in [1.807, 2.05) is 42.5 Å². The average molecular weight is 360 g/mol. The van der Waals surface area contributed by atoms with E-state index in [1.54, 1.807) is 30.4 Å². The highest BCUT2D eigenvalue weighted by Gasteiger charge is 2.15. The van der Waals surface area contributed by atoms with Crippen LogP contribution in [0.4, 0.5) is 0 Å². The van der Waals surface area contributed by atoms with Gasteiger partial charge in [0.05, 0.1) is 0 Å². The monoisotopic (exact) mass is 360 g/mol. The van der Waals surface area contributed by atoms with Gasteiger partial charge in [0.15, 0.2) is 0 Å². The van der Waals surface area contributed by atoms with Gasteiger partial charge in [-0.2, -0.15) is 0 Å². The van der Waals surface area contributed by atoms with Crippen LogP contribution in [0.3, 0.4) is 0 Å². The summed E-state index contributed by atoms with van der Waals surface area (Å²) in [7, 11) is 1.74. The number of nitrogens with one attached hydrogen (secondary N) is 1. The van der Waals surface area contributed by atoms with E-state index in [4.69, 9.17) is 0 Å². The molecule has 0 bridgehead atoms. The lowest BCUT2D eigenvalue weighted by Crippen LogP contribution is -2.27. The fraction of sp³-hybridized carbons (Fsp3) is 0.143. The molecule has 0 spiro atoms. The van der Waals surface area contributed by atoms with E-state index in [2.05, 4.69) is 15.3 Å². The number of amides is 2. The third kappa shape index (κ3) is 4.98. The van der Waals surface area contributed by atoms with Crippen molar-refractivity contribution in [1.29, 1.82) is 0 Å². The van der Waals surface area contributed by atoms with Crippen molar-refractivity contribution in [3.8, 4) is 0 Å². The van der Waals surface area contributed by atoms with Crippen LogP contribution in [-0.2, 0) is 13.1 Å². The zero-order chi connectivity index (χ0) is 19.1. The second-order valence-corrected chi connectivity index (χ2v) is 6.11. The summed E-state index contributed by atoms with van der Waals surface area (Å²) in [6, 6.07) is 16.5. The molecule has 0 aliphatic rings. The number of benzene rings is 1. The molecule has 27 heavy (non-hydrogen) atoms. The maximum atomic E-state index is 12.7. The Labute approximate surface area is 157 Å². The van der Waals surface area contributed by atoms with Crippen LogP contribution in [0, 0.1) is 0 Å². The fourth-order valence-electron chi connectivity index (χ4n) is 2.61. The molecule has 2 heterocycles. The first-order valence-corrected chi connectivity index (χ1v) is 8.56. The number of hydrogen-bond donors (Lipinski definition) is 1. The predicted octanol–water partition coefficient (Wildman–Crippen LogP) is 2.68. The van der Waals surface area contributed by atoms with Gasteiger partial charge in [0.1, 0.15) is 5.69 Å². The third-order valence-electron chi connectivity index (χ3n) is 4.05. The number of rotatable bonds is 6. The highest BCUT2D eigenvalue weighted by molar-refractivity contribution is 5.98. The Balaban J connectivity index is 1.65. The number of carbonyl (C=O) groups is 2. The van der Waals surface area contributed by atoms with Gasteiger partial charge in [-0.15, -0.1) is 0 Å². The van der Waals surface area contributed by atoms with Crippen LogP contribution in [0.1, 0.15) is 32.0 Å². The molecule has 3 aromatic rings. The first-order chi connectivity index (χ1) is 13.1. The highest BCUT2D eigenvalue weighted by atomic mass is 16.2. The van der Waals surface area contributed by atoms with Crippen molar-refractivity contribution in [2.24, 2.45) is 0 Å². The fourth-order valence-corrected chi connectivity index (χ4v) is 2.61. The summed E-state index contributed by atoms with van der Waals surface area (Å²) < 4.78 is 0. The normalized spacial score (nSPS) is 10.3. The van der Waals surface area contributed by atoms with Crippen molar-refractivity contribution in [1.82, 2.24) is 20.2 Å². The topological polar surface area (TPSA) is 75.2 Å². The van der Waals surface area contributed by atoms with Gasteiger partial charge in [0, 0.05) is 44.3 Å². The molecule has 6 nitrogen and oxygen atoms in total. The van der Waals surface area contributed by atoms with E-state index >= 15 is 0 Å². The maximum Gasteiger partial charge on any atom is 0.270 e. The first kappa shape index (κ1) is 18.3. The van der Waals surface area contributed by atoms with Crippen molar-refractivity contribution in [3.05, 3.63) is 95.6 Å². The molecule has 136 valence electrons. The quantitative estimate of drug-likeness (QED) is 0.733. The van der Waals surface area contributed by atoms with Crippen molar-refractivity contribution in [2.45, 2.75) is 13.1 Å². The lowest BCUT2D eigenvalue weighted by atomic mass is 10.1. The Kier molecular flexibility index (Phi) is 5.89. The number of aromatic nitrogens is 2. The van der Waals surface area contributed by atoms with Crippen LogP contribution < -0.4 is 5.32 Å². The molecule has 1 aromatic carbocycles. The molecule has 2 aromatic heterocycles.